The monoisotopic (exact) mass is 354 g/mol. The Morgan fingerprint density at radius 2 is 1.64 bits per heavy atom. The number of hydrogen-bond acceptors (Lipinski definition) is 4. The number of benzene rings is 2. The van der Waals surface area contributed by atoms with E-state index in [9.17, 15) is 4.79 Å². The summed E-state index contributed by atoms with van der Waals surface area (Å²) in [5.74, 6) is 1.56. The first-order chi connectivity index (χ1) is 12.1. The molecule has 0 bridgehead atoms. The van der Waals surface area contributed by atoms with Gasteiger partial charge in [-0.05, 0) is 47.3 Å². The molecule has 0 radical (unpaired) electrons. The first kappa shape index (κ1) is 17.2. The van der Waals surface area contributed by atoms with Crippen LogP contribution in [0.1, 0.15) is 5.56 Å². The molecule has 0 saturated heterocycles. The van der Waals surface area contributed by atoms with Gasteiger partial charge in [0, 0.05) is 11.6 Å². The topological polar surface area (TPSA) is 53.4 Å². The second-order valence-electron chi connectivity index (χ2n) is 5.52. The summed E-state index contributed by atoms with van der Waals surface area (Å²) >= 11 is 0. The van der Waals surface area contributed by atoms with Gasteiger partial charge in [-0.25, -0.2) is 4.68 Å². The lowest BCUT2D eigenvalue weighted by molar-refractivity contribution is 0.414. The summed E-state index contributed by atoms with van der Waals surface area (Å²) in [5, 5.41) is 5.48. The molecule has 3 aromatic rings. The standard InChI is InChI=1S/C19H19N2O3P/c1-23-14-5-3-13(4-6-14)12-21-19(22)10-9-17(20-21)16-8-7-15(24-2)11-18(16)25/h3-11H,12,25H2,1-2H3. The van der Waals surface area contributed by atoms with Crippen LogP contribution in [0, 0.1) is 0 Å². The largest absolute Gasteiger partial charge is 0.497 e. The Bertz CT molecular complexity index is 936. The summed E-state index contributed by atoms with van der Waals surface area (Å²) < 4.78 is 11.8. The van der Waals surface area contributed by atoms with Crippen molar-refractivity contribution in [2.75, 3.05) is 14.2 Å². The Labute approximate surface area is 148 Å². The summed E-state index contributed by atoms with van der Waals surface area (Å²) in [6.45, 7) is 0.402. The van der Waals surface area contributed by atoms with Crippen molar-refractivity contribution in [2.24, 2.45) is 0 Å². The van der Waals surface area contributed by atoms with Crippen LogP contribution >= 0.6 is 9.24 Å². The van der Waals surface area contributed by atoms with E-state index in [1.165, 1.54) is 4.68 Å². The van der Waals surface area contributed by atoms with E-state index in [0.29, 0.717) is 6.54 Å². The fourth-order valence-electron chi connectivity index (χ4n) is 2.51. The molecule has 0 N–H and O–H groups in total. The maximum Gasteiger partial charge on any atom is 0.267 e. The van der Waals surface area contributed by atoms with Crippen LogP contribution in [0.3, 0.4) is 0 Å². The van der Waals surface area contributed by atoms with Crippen molar-refractivity contribution in [2.45, 2.75) is 6.54 Å². The van der Waals surface area contributed by atoms with Gasteiger partial charge in [0.25, 0.3) is 5.56 Å². The molecule has 25 heavy (non-hydrogen) atoms. The zero-order valence-electron chi connectivity index (χ0n) is 14.1. The van der Waals surface area contributed by atoms with Gasteiger partial charge < -0.3 is 9.47 Å². The molecule has 1 heterocycles. The Balaban J connectivity index is 1.93. The number of methoxy groups -OCH3 is 2. The third-order valence-electron chi connectivity index (χ3n) is 3.89. The predicted octanol–water partition coefficient (Wildman–Crippen LogP) is 2.48. The highest BCUT2D eigenvalue weighted by molar-refractivity contribution is 7.28. The Morgan fingerprint density at radius 1 is 0.960 bits per heavy atom. The third kappa shape index (κ3) is 3.89. The Hall–Kier alpha value is -2.65. The lowest BCUT2D eigenvalue weighted by atomic mass is 10.1. The van der Waals surface area contributed by atoms with Gasteiger partial charge in [0.05, 0.1) is 26.5 Å². The molecule has 3 rings (SSSR count). The average molecular weight is 354 g/mol. The molecular weight excluding hydrogens is 335 g/mol. The minimum absolute atomic E-state index is 0.140. The van der Waals surface area contributed by atoms with Gasteiger partial charge in [-0.15, -0.1) is 9.24 Å². The van der Waals surface area contributed by atoms with E-state index < -0.39 is 0 Å². The van der Waals surface area contributed by atoms with E-state index in [-0.39, 0.29) is 5.56 Å². The number of aromatic nitrogens is 2. The average Bonchev–Trinajstić information content (AvgIpc) is 2.64. The molecular formula is C19H19N2O3P. The van der Waals surface area contributed by atoms with Gasteiger partial charge in [-0.3, -0.25) is 4.79 Å². The van der Waals surface area contributed by atoms with Crippen LogP contribution in [-0.4, -0.2) is 24.0 Å². The van der Waals surface area contributed by atoms with E-state index in [0.717, 1.165) is 33.6 Å². The zero-order valence-corrected chi connectivity index (χ0v) is 15.3. The summed E-state index contributed by atoms with van der Waals surface area (Å²) in [6, 6.07) is 16.6. The number of ether oxygens (including phenoxy) is 2. The van der Waals surface area contributed by atoms with Crippen molar-refractivity contribution in [3.05, 3.63) is 70.5 Å². The quantitative estimate of drug-likeness (QED) is 0.661. The van der Waals surface area contributed by atoms with Crippen molar-refractivity contribution in [3.8, 4) is 22.8 Å². The lowest BCUT2D eigenvalue weighted by Crippen LogP contribution is -2.23. The Morgan fingerprint density at radius 3 is 2.28 bits per heavy atom. The number of rotatable bonds is 5. The van der Waals surface area contributed by atoms with Crippen molar-refractivity contribution in [1.82, 2.24) is 9.78 Å². The van der Waals surface area contributed by atoms with Crippen LogP contribution in [0.5, 0.6) is 11.5 Å². The summed E-state index contributed by atoms with van der Waals surface area (Å²) in [6.07, 6.45) is 0. The summed E-state index contributed by atoms with van der Waals surface area (Å²) in [5.41, 5.74) is 2.52. The van der Waals surface area contributed by atoms with Crippen LogP contribution in [0.25, 0.3) is 11.3 Å². The highest BCUT2D eigenvalue weighted by Crippen LogP contribution is 2.20. The smallest absolute Gasteiger partial charge is 0.267 e. The van der Waals surface area contributed by atoms with Gasteiger partial charge in [0.1, 0.15) is 11.5 Å². The molecule has 1 unspecified atom stereocenters. The van der Waals surface area contributed by atoms with Crippen molar-refractivity contribution in [1.29, 1.82) is 0 Å². The van der Waals surface area contributed by atoms with Crippen LogP contribution in [0.15, 0.2) is 59.4 Å². The van der Waals surface area contributed by atoms with Crippen molar-refractivity contribution >= 4 is 14.5 Å². The molecule has 0 amide bonds. The molecule has 1 atom stereocenters. The molecule has 0 saturated carbocycles. The first-order valence-electron chi connectivity index (χ1n) is 7.75. The van der Waals surface area contributed by atoms with Crippen molar-refractivity contribution < 1.29 is 9.47 Å². The van der Waals surface area contributed by atoms with Crippen LogP contribution in [0.2, 0.25) is 0 Å². The molecule has 1 aromatic heterocycles. The van der Waals surface area contributed by atoms with Crippen LogP contribution in [-0.2, 0) is 6.54 Å². The second kappa shape index (κ2) is 7.49. The maximum atomic E-state index is 12.2. The number of hydrogen-bond donors (Lipinski definition) is 0. The van der Waals surface area contributed by atoms with E-state index in [1.807, 2.05) is 42.5 Å². The Kier molecular flexibility index (Phi) is 5.15. The maximum absolute atomic E-state index is 12.2. The summed E-state index contributed by atoms with van der Waals surface area (Å²) in [7, 11) is 5.93. The van der Waals surface area contributed by atoms with Crippen LogP contribution < -0.4 is 20.3 Å². The second-order valence-corrected chi connectivity index (χ2v) is 6.14. The van der Waals surface area contributed by atoms with Gasteiger partial charge in [-0.2, -0.15) is 5.10 Å². The van der Waals surface area contributed by atoms with E-state index in [4.69, 9.17) is 9.47 Å². The molecule has 0 aliphatic heterocycles. The highest BCUT2D eigenvalue weighted by Gasteiger charge is 2.08. The zero-order chi connectivity index (χ0) is 17.8. The SMILES string of the molecule is COc1ccc(Cn2nc(-c3ccc(OC)cc3P)ccc2=O)cc1. The van der Waals surface area contributed by atoms with Crippen molar-refractivity contribution in [3.63, 3.8) is 0 Å². The van der Waals surface area contributed by atoms with Crippen LogP contribution in [0.4, 0.5) is 0 Å². The first-order valence-corrected chi connectivity index (χ1v) is 8.33. The molecule has 0 fully saturated rings. The molecule has 0 aliphatic carbocycles. The molecule has 2 aromatic carbocycles. The highest BCUT2D eigenvalue weighted by atomic mass is 31.0. The van der Waals surface area contributed by atoms with E-state index in [2.05, 4.69) is 14.3 Å². The normalized spacial score (nSPS) is 10.5. The van der Waals surface area contributed by atoms with Gasteiger partial charge >= 0.3 is 0 Å². The lowest BCUT2D eigenvalue weighted by Gasteiger charge is -2.10. The number of nitrogens with zero attached hydrogens (tertiary/aromatic N) is 2. The van der Waals surface area contributed by atoms with Gasteiger partial charge in [0.2, 0.25) is 0 Å². The molecule has 0 spiro atoms. The van der Waals surface area contributed by atoms with Gasteiger partial charge in [0.15, 0.2) is 0 Å². The minimum Gasteiger partial charge on any atom is -0.497 e. The van der Waals surface area contributed by atoms with E-state index in [1.54, 1.807) is 26.4 Å². The molecule has 128 valence electrons. The molecule has 0 aliphatic rings. The van der Waals surface area contributed by atoms with E-state index >= 15 is 0 Å². The summed E-state index contributed by atoms with van der Waals surface area (Å²) in [4.78, 5) is 12.2. The predicted molar refractivity (Wildman–Crippen MR) is 102 cm³/mol. The van der Waals surface area contributed by atoms with Gasteiger partial charge in [-0.1, -0.05) is 12.1 Å². The minimum atomic E-state index is -0.140. The third-order valence-corrected chi connectivity index (χ3v) is 4.37. The fourth-order valence-corrected chi connectivity index (χ4v) is 2.92. The molecule has 5 nitrogen and oxygen atoms in total. The fraction of sp³-hybridized carbons (Fsp3) is 0.158. The molecule has 6 heteroatoms.